The molecule has 0 heterocycles. The summed E-state index contributed by atoms with van der Waals surface area (Å²) in [5, 5.41) is 0. The van der Waals surface area contributed by atoms with Gasteiger partial charge in [-0.15, -0.1) is 0 Å². The normalized spacial score (nSPS) is 17.4. The Morgan fingerprint density at radius 2 is 1.90 bits per heavy atom. The lowest BCUT2D eigenvalue weighted by Gasteiger charge is -2.18. The molecule has 4 nitrogen and oxygen atoms in total. The Kier molecular flexibility index (Phi) is 6.08. The minimum absolute atomic E-state index is 0.0333. The van der Waals surface area contributed by atoms with Gasteiger partial charge in [0.25, 0.3) is 0 Å². The highest BCUT2D eigenvalue weighted by Crippen LogP contribution is 2.28. The number of halogens is 1. The molecule has 1 aliphatic carbocycles. The molecule has 1 N–H and O–H groups in total. The smallest absolute Gasteiger partial charge is 0.244 e. The third kappa shape index (κ3) is 4.69. The average Bonchev–Trinajstić information content (AvgIpc) is 2.69. The van der Waals surface area contributed by atoms with Crippen LogP contribution in [0.3, 0.4) is 0 Å². The summed E-state index contributed by atoms with van der Waals surface area (Å²) in [5.41, 5.74) is 0. The summed E-state index contributed by atoms with van der Waals surface area (Å²) in [6.07, 6.45) is 6.39. The predicted molar refractivity (Wildman–Crippen MR) is 87.1 cm³/mol. The van der Waals surface area contributed by atoms with Gasteiger partial charge in [-0.2, -0.15) is 0 Å². The molecular formula is C15H22BrNO3S. The number of hydrogen-bond donors (Lipinski definition) is 1. The number of sulfonamides is 1. The van der Waals surface area contributed by atoms with Gasteiger partial charge in [-0.25, -0.2) is 13.1 Å². The molecular weight excluding hydrogens is 354 g/mol. The fraction of sp³-hybridized carbons (Fsp3) is 0.600. The largest absolute Gasteiger partial charge is 0.492 e. The zero-order chi connectivity index (χ0) is 15.3. The molecule has 0 spiro atoms. The van der Waals surface area contributed by atoms with Crippen molar-refractivity contribution in [2.45, 2.75) is 56.4 Å². The van der Waals surface area contributed by atoms with E-state index in [-0.39, 0.29) is 10.9 Å². The summed E-state index contributed by atoms with van der Waals surface area (Å²) in [7, 11) is -3.56. The Bertz CT molecular complexity index is 566. The maximum Gasteiger partial charge on any atom is 0.244 e. The number of rotatable bonds is 5. The molecule has 0 bridgehead atoms. The van der Waals surface area contributed by atoms with E-state index in [0.29, 0.717) is 12.4 Å². The number of ether oxygens (including phenoxy) is 1. The first-order valence-electron chi connectivity index (χ1n) is 7.47. The number of hydrogen-bond acceptors (Lipinski definition) is 3. The van der Waals surface area contributed by atoms with E-state index >= 15 is 0 Å². The molecule has 0 unspecified atom stereocenters. The Labute approximate surface area is 135 Å². The summed E-state index contributed by atoms with van der Waals surface area (Å²) < 4.78 is 34.3. The third-order valence-corrected chi connectivity index (χ3v) is 5.71. The van der Waals surface area contributed by atoms with Crippen LogP contribution in [-0.4, -0.2) is 21.1 Å². The van der Waals surface area contributed by atoms with E-state index in [4.69, 9.17) is 4.74 Å². The second-order valence-electron chi connectivity index (χ2n) is 5.33. The van der Waals surface area contributed by atoms with Crippen LogP contribution >= 0.6 is 15.9 Å². The van der Waals surface area contributed by atoms with E-state index in [1.54, 1.807) is 18.2 Å². The Hall–Kier alpha value is -0.590. The van der Waals surface area contributed by atoms with Crippen molar-refractivity contribution < 1.29 is 13.2 Å². The zero-order valence-electron chi connectivity index (χ0n) is 12.3. The van der Waals surface area contributed by atoms with Crippen LogP contribution in [0.4, 0.5) is 0 Å². The summed E-state index contributed by atoms with van der Waals surface area (Å²) >= 11 is 3.33. The molecule has 21 heavy (non-hydrogen) atoms. The van der Waals surface area contributed by atoms with Gasteiger partial charge in [0.1, 0.15) is 10.6 Å². The van der Waals surface area contributed by atoms with Crippen LogP contribution < -0.4 is 9.46 Å². The molecule has 1 aromatic carbocycles. The van der Waals surface area contributed by atoms with Gasteiger partial charge in [0.05, 0.1) is 6.61 Å². The minimum Gasteiger partial charge on any atom is -0.492 e. The lowest BCUT2D eigenvalue weighted by atomic mass is 10.1. The van der Waals surface area contributed by atoms with Crippen molar-refractivity contribution >= 4 is 26.0 Å². The lowest BCUT2D eigenvalue weighted by molar-refractivity contribution is 0.330. The van der Waals surface area contributed by atoms with Crippen LogP contribution in [0.2, 0.25) is 0 Å². The van der Waals surface area contributed by atoms with Crippen molar-refractivity contribution in [3.63, 3.8) is 0 Å². The van der Waals surface area contributed by atoms with E-state index in [1.807, 2.05) is 6.92 Å². The van der Waals surface area contributed by atoms with E-state index in [1.165, 1.54) is 12.8 Å². The standard InChI is InChI=1S/C15H22BrNO3S/c1-2-20-14-10-9-12(16)11-15(14)21(18,19)17-13-7-5-3-4-6-8-13/h9-11,13,17H,2-8H2,1H3. The highest BCUT2D eigenvalue weighted by atomic mass is 79.9. The molecule has 0 aromatic heterocycles. The van der Waals surface area contributed by atoms with Crippen molar-refractivity contribution in [1.82, 2.24) is 4.72 Å². The van der Waals surface area contributed by atoms with Crippen molar-refractivity contribution in [3.05, 3.63) is 22.7 Å². The number of nitrogens with one attached hydrogen (secondary N) is 1. The highest BCUT2D eigenvalue weighted by molar-refractivity contribution is 9.10. The summed E-state index contributed by atoms with van der Waals surface area (Å²) in [4.78, 5) is 0.211. The maximum absolute atomic E-state index is 12.6. The zero-order valence-corrected chi connectivity index (χ0v) is 14.7. The van der Waals surface area contributed by atoms with Gasteiger partial charge in [-0.3, -0.25) is 0 Å². The summed E-state index contributed by atoms with van der Waals surface area (Å²) in [6, 6.07) is 5.11. The molecule has 0 saturated heterocycles. The third-order valence-electron chi connectivity index (χ3n) is 3.67. The summed E-state index contributed by atoms with van der Waals surface area (Å²) in [5.74, 6) is 0.404. The van der Waals surface area contributed by atoms with Crippen LogP contribution in [-0.2, 0) is 10.0 Å². The van der Waals surface area contributed by atoms with Gasteiger partial charge >= 0.3 is 0 Å². The Balaban J connectivity index is 2.23. The number of benzene rings is 1. The second kappa shape index (κ2) is 7.61. The molecule has 1 saturated carbocycles. The fourth-order valence-corrected chi connectivity index (χ4v) is 4.63. The van der Waals surface area contributed by atoms with Gasteiger partial charge in [-0.05, 0) is 38.0 Å². The van der Waals surface area contributed by atoms with Crippen molar-refractivity contribution in [2.24, 2.45) is 0 Å². The first kappa shape index (κ1) is 16.8. The Morgan fingerprint density at radius 3 is 2.52 bits per heavy atom. The SMILES string of the molecule is CCOc1ccc(Br)cc1S(=O)(=O)NC1CCCCCC1. The van der Waals surface area contributed by atoms with Crippen LogP contribution in [0.1, 0.15) is 45.4 Å². The van der Waals surface area contributed by atoms with Crippen LogP contribution in [0.25, 0.3) is 0 Å². The maximum atomic E-state index is 12.6. The van der Waals surface area contributed by atoms with Crippen molar-refractivity contribution in [3.8, 4) is 5.75 Å². The highest BCUT2D eigenvalue weighted by Gasteiger charge is 2.24. The van der Waals surface area contributed by atoms with Crippen LogP contribution in [0, 0.1) is 0 Å². The lowest BCUT2D eigenvalue weighted by Crippen LogP contribution is -2.34. The monoisotopic (exact) mass is 375 g/mol. The molecule has 1 fully saturated rings. The fourth-order valence-electron chi connectivity index (χ4n) is 2.65. The average molecular weight is 376 g/mol. The first-order chi connectivity index (χ1) is 10.0. The summed E-state index contributed by atoms with van der Waals surface area (Å²) in [6.45, 7) is 2.28. The molecule has 2 rings (SSSR count). The molecule has 0 aliphatic heterocycles. The van der Waals surface area contributed by atoms with Crippen molar-refractivity contribution in [1.29, 1.82) is 0 Å². The first-order valence-corrected chi connectivity index (χ1v) is 9.75. The van der Waals surface area contributed by atoms with Gasteiger partial charge in [0.2, 0.25) is 10.0 Å². The molecule has 1 aromatic rings. The molecule has 1 aliphatic rings. The van der Waals surface area contributed by atoms with E-state index in [9.17, 15) is 8.42 Å². The molecule has 0 amide bonds. The second-order valence-corrected chi connectivity index (χ2v) is 7.93. The van der Waals surface area contributed by atoms with Gasteiger partial charge in [0.15, 0.2) is 0 Å². The molecule has 6 heteroatoms. The molecule has 118 valence electrons. The molecule has 0 radical (unpaired) electrons. The van der Waals surface area contributed by atoms with E-state index in [2.05, 4.69) is 20.7 Å². The van der Waals surface area contributed by atoms with E-state index in [0.717, 1.165) is 30.2 Å². The quantitative estimate of drug-likeness (QED) is 0.795. The van der Waals surface area contributed by atoms with Gasteiger partial charge in [0, 0.05) is 10.5 Å². The van der Waals surface area contributed by atoms with Gasteiger partial charge in [-0.1, -0.05) is 41.6 Å². The van der Waals surface area contributed by atoms with E-state index < -0.39 is 10.0 Å². The Morgan fingerprint density at radius 1 is 1.24 bits per heavy atom. The van der Waals surface area contributed by atoms with Gasteiger partial charge < -0.3 is 4.74 Å². The minimum atomic E-state index is -3.56. The predicted octanol–water partition coefficient (Wildman–Crippen LogP) is 3.85. The van der Waals surface area contributed by atoms with Crippen molar-refractivity contribution in [2.75, 3.05) is 6.61 Å². The molecule has 0 atom stereocenters. The van der Waals surface area contributed by atoms with Crippen LogP contribution in [0.15, 0.2) is 27.6 Å². The topological polar surface area (TPSA) is 55.4 Å². The van der Waals surface area contributed by atoms with Crippen LogP contribution in [0.5, 0.6) is 5.75 Å².